The molecule has 0 saturated heterocycles. The fourth-order valence-electron chi connectivity index (χ4n) is 2.28. The smallest absolute Gasteiger partial charge is 0.105 e. The van der Waals surface area contributed by atoms with E-state index in [4.69, 9.17) is 0 Å². The Labute approximate surface area is 110 Å². The summed E-state index contributed by atoms with van der Waals surface area (Å²) in [6, 6.07) is 16.3. The van der Waals surface area contributed by atoms with Crippen LogP contribution >= 0.6 is 11.3 Å². The van der Waals surface area contributed by atoms with Gasteiger partial charge in [0, 0.05) is 4.88 Å². The molecule has 90 valence electrons. The SMILES string of the molecule is Cc1cc(C(O)c2cccc3ccccc23)cs1. The second-order valence-corrected chi connectivity index (χ2v) is 5.58. The van der Waals surface area contributed by atoms with Crippen LogP contribution in [0, 0.1) is 6.92 Å². The third-order valence-electron chi connectivity index (χ3n) is 3.18. The van der Waals surface area contributed by atoms with Crippen molar-refractivity contribution in [2.24, 2.45) is 0 Å². The van der Waals surface area contributed by atoms with Crippen LogP contribution in [0.5, 0.6) is 0 Å². The molecule has 1 N–H and O–H groups in total. The van der Waals surface area contributed by atoms with Crippen LogP contribution in [0.4, 0.5) is 0 Å². The van der Waals surface area contributed by atoms with E-state index in [-0.39, 0.29) is 0 Å². The lowest BCUT2D eigenvalue weighted by molar-refractivity contribution is 0.222. The zero-order valence-electron chi connectivity index (χ0n) is 10.1. The van der Waals surface area contributed by atoms with Crippen molar-refractivity contribution in [3.63, 3.8) is 0 Å². The van der Waals surface area contributed by atoms with Crippen molar-refractivity contribution < 1.29 is 5.11 Å². The minimum absolute atomic E-state index is 0.541. The zero-order chi connectivity index (χ0) is 12.5. The minimum Gasteiger partial charge on any atom is -0.384 e. The average Bonchev–Trinajstić information content (AvgIpc) is 2.84. The highest BCUT2D eigenvalue weighted by atomic mass is 32.1. The monoisotopic (exact) mass is 254 g/mol. The molecule has 0 aliphatic heterocycles. The molecule has 1 heterocycles. The predicted molar refractivity (Wildman–Crippen MR) is 77.1 cm³/mol. The molecule has 1 atom stereocenters. The molecule has 3 rings (SSSR count). The lowest BCUT2D eigenvalue weighted by atomic mass is 9.97. The Hall–Kier alpha value is -1.64. The summed E-state index contributed by atoms with van der Waals surface area (Å²) < 4.78 is 0. The Morgan fingerprint density at radius 3 is 2.61 bits per heavy atom. The maximum atomic E-state index is 10.5. The zero-order valence-corrected chi connectivity index (χ0v) is 10.9. The molecule has 0 spiro atoms. The number of aliphatic hydroxyl groups excluding tert-OH is 1. The third-order valence-corrected chi connectivity index (χ3v) is 4.06. The molecule has 0 aliphatic rings. The van der Waals surface area contributed by atoms with Gasteiger partial charge in [-0.05, 0) is 40.3 Å². The van der Waals surface area contributed by atoms with E-state index in [1.54, 1.807) is 11.3 Å². The van der Waals surface area contributed by atoms with Crippen LogP contribution in [-0.4, -0.2) is 5.11 Å². The Bertz CT molecular complexity index is 679. The van der Waals surface area contributed by atoms with Crippen LogP contribution in [0.25, 0.3) is 10.8 Å². The topological polar surface area (TPSA) is 20.2 Å². The van der Waals surface area contributed by atoms with Gasteiger partial charge in [0.2, 0.25) is 0 Å². The first-order valence-corrected chi connectivity index (χ1v) is 6.84. The number of fused-ring (bicyclic) bond motifs is 1. The number of rotatable bonds is 2. The van der Waals surface area contributed by atoms with E-state index in [9.17, 15) is 5.11 Å². The Morgan fingerprint density at radius 1 is 1.06 bits per heavy atom. The summed E-state index contributed by atoms with van der Waals surface area (Å²) in [6.07, 6.45) is -0.541. The number of aliphatic hydroxyl groups is 1. The van der Waals surface area contributed by atoms with E-state index in [1.807, 2.05) is 29.6 Å². The molecule has 1 unspecified atom stereocenters. The largest absolute Gasteiger partial charge is 0.384 e. The van der Waals surface area contributed by atoms with Crippen molar-refractivity contribution in [1.29, 1.82) is 0 Å². The predicted octanol–water partition coefficient (Wildman–Crippen LogP) is 4.29. The van der Waals surface area contributed by atoms with Gasteiger partial charge in [-0.3, -0.25) is 0 Å². The molecule has 0 saturated carbocycles. The van der Waals surface area contributed by atoms with Crippen LogP contribution in [0.1, 0.15) is 22.1 Å². The molecule has 0 aliphatic carbocycles. The van der Waals surface area contributed by atoms with Crippen LogP contribution in [0.2, 0.25) is 0 Å². The van der Waals surface area contributed by atoms with E-state index < -0.39 is 6.10 Å². The van der Waals surface area contributed by atoms with Gasteiger partial charge in [0.1, 0.15) is 6.10 Å². The number of hydrogen-bond acceptors (Lipinski definition) is 2. The van der Waals surface area contributed by atoms with Gasteiger partial charge >= 0.3 is 0 Å². The first-order valence-electron chi connectivity index (χ1n) is 5.96. The highest BCUT2D eigenvalue weighted by molar-refractivity contribution is 7.10. The second kappa shape index (κ2) is 4.56. The molecule has 18 heavy (non-hydrogen) atoms. The summed E-state index contributed by atoms with van der Waals surface area (Å²) in [4.78, 5) is 1.23. The Morgan fingerprint density at radius 2 is 1.83 bits per heavy atom. The van der Waals surface area contributed by atoms with Crippen molar-refractivity contribution in [2.75, 3.05) is 0 Å². The molecule has 0 bridgehead atoms. The molecule has 2 heteroatoms. The molecule has 0 radical (unpaired) electrons. The maximum absolute atomic E-state index is 10.5. The molecule has 1 aromatic heterocycles. The van der Waals surface area contributed by atoms with Gasteiger partial charge in [0.05, 0.1) is 0 Å². The number of benzene rings is 2. The Kier molecular flexibility index (Phi) is 2.90. The fourth-order valence-corrected chi connectivity index (χ4v) is 3.00. The normalized spacial score (nSPS) is 12.8. The van der Waals surface area contributed by atoms with Gasteiger partial charge in [0.15, 0.2) is 0 Å². The van der Waals surface area contributed by atoms with Crippen LogP contribution in [0.15, 0.2) is 53.9 Å². The number of aryl methyl sites for hydroxylation is 1. The average molecular weight is 254 g/mol. The van der Waals surface area contributed by atoms with Gasteiger partial charge in [-0.1, -0.05) is 42.5 Å². The highest BCUT2D eigenvalue weighted by Crippen LogP contribution is 2.30. The molecule has 0 fully saturated rings. The molecule has 3 aromatic rings. The lowest BCUT2D eigenvalue weighted by Crippen LogP contribution is -1.98. The Balaban J connectivity index is 2.14. The maximum Gasteiger partial charge on any atom is 0.105 e. The third kappa shape index (κ3) is 1.94. The fraction of sp³-hybridized carbons (Fsp3) is 0.125. The lowest BCUT2D eigenvalue weighted by Gasteiger charge is -2.12. The summed E-state index contributed by atoms with van der Waals surface area (Å²) in [5.41, 5.74) is 1.96. The van der Waals surface area contributed by atoms with Gasteiger partial charge in [-0.2, -0.15) is 0 Å². The molecular weight excluding hydrogens is 240 g/mol. The molecule has 0 amide bonds. The van der Waals surface area contributed by atoms with Gasteiger partial charge in [-0.25, -0.2) is 0 Å². The van der Waals surface area contributed by atoms with E-state index in [1.165, 1.54) is 10.3 Å². The summed E-state index contributed by atoms with van der Waals surface area (Å²) >= 11 is 1.67. The highest BCUT2D eigenvalue weighted by Gasteiger charge is 2.14. The second-order valence-electron chi connectivity index (χ2n) is 4.46. The summed E-state index contributed by atoms with van der Waals surface area (Å²) in [6.45, 7) is 2.06. The quantitative estimate of drug-likeness (QED) is 0.723. The molecular formula is C16H14OS. The first kappa shape index (κ1) is 11.5. The van der Waals surface area contributed by atoms with Crippen LogP contribution in [0.3, 0.4) is 0 Å². The summed E-state index contributed by atoms with van der Waals surface area (Å²) in [5.74, 6) is 0. The standard InChI is InChI=1S/C16H14OS/c1-11-9-13(10-18-11)16(17)15-8-4-6-12-5-2-3-7-14(12)15/h2-10,16-17H,1H3. The molecule has 1 nitrogen and oxygen atoms in total. The molecule has 2 aromatic carbocycles. The van der Waals surface area contributed by atoms with Crippen molar-refractivity contribution in [2.45, 2.75) is 13.0 Å². The van der Waals surface area contributed by atoms with E-state index in [0.29, 0.717) is 0 Å². The minimum atomic E-state index is -0.541. The van der Waals surface area contributed by atoms with E-state index in [0.717, 1.165) is 16.5 Å². The first-order chi connectivity index (χ1) is 8.75. The number of thiophene rings is 1. The van der Waals surface area contributed by atoms with Crippen molar-refractivity contribution in [3.8, 4) is 0 Å². The van der Waals surface area contributed by atoms with E-state index >= 15 is 0 Å². The van der Waals surface area contributed by atoms with Crippen LogP contribution in [-0.2, 0) is 0 Å². The van der Waals surface area contributed by atoms with Gasteiger partial charge in [-0.15, -0.1) is 11.3 Å². The van der Waals surface area contributed by atoms with Crippen LogP contribution < -0.4 is 0 Å². The number of hydrogen-bond donors (Lipinski definition) is 1. The van der Waals surface area contributed by atoms with E-state index in [2.05, 4.69) is 31.2 Å². The van der Waals surface area contributed by atoms with Gasteiger partial charge in [0.25, 0.3) is 0 Å². The van der Waals surface area contributed by atoms with Crippen molar-refractivity contribution in [1.82, 2.24) is 0 Å². The summed E-state index contributed by atoms with van der Waals surface area (Å²) in [7, 11) is 0. The summed E-state index contributed by atoms with van der Waals surface area (Å²) in [5, 5.41) is 14.8. The van der Waals surface area contributed by atoms with Gasteiger partial charge < -0.3 is 5.11 Å². The van der Waals surface area contributed by atoms with Crippen molar-refractivity contribution in [3.05, 3.63) is 69.9 Å². The van der Waals surface area contributed by atoms with Crippen molar-refractivity contribution >= 4 is 22.1 Å².